The van der Waals surface area contributed by atoms with Crippen LogP contribution in [0.4, 0.5) is 0 Å². The highest BCUT2D eigenvalue weighted by atomic mass is 16.5. The molecule has 0 aromatic carbocycles. The van der Waals surface area contributed by atoms with Gasteiger partial charge in [0, 0.05) is 38.0 Å². The molecule has 0 radical (unpaired) electrons. The lowest BCUT2D eigenvalue weighted by Crippen LogP contribution is -2.29. The Morgan fingerprint density at radius 3 is 2.82 bits per heavy atom. The molecule has 2 heterocycles. The van der Waals surface area contributed by atoms with Crippen LogP contribution < -0.4 is 5.43 Å². The van der Waals surface area contributed by atoms with Crippen molar-refractivity contribution in [2.75, 3.05) is 26.8 Å². The van der Waals surface area contributed by atoms with Crippen LogP contribution in [0.3, 0.4) is 0 Å². The number of aromatic hydroxyl groups is 1. The molecule has 0 saturated carbocycles. The fourth-order valence-corrected chi connectivity index (χ4v) is 2.76. The van der Waals surface area contributed by atoms with E-state index in [-0.39, 0.29) is 25.1 Å². The van der Waals surface area contributed by atoms with Gasteiger partial charge < -0.3 is 24.6 Å². The van der Waals surface area contributed by atoms with Gasteiger partial charge in [-0.3, -0.25) is 9.69 Å². The van der Waals surface area contributed by atoms with Crippen LogP contribution in [0.5, 0.6) is 5.75 Å². The minimum absolute atomic E-state index is 0.00702. The second-order valence-electron chi connectivity index (χ2n) is 5.66. The summed E-state index contributed by atoms with van der Waals surface area (Å²) in [7, 11) is 1.79. The van der Waals surface area contributed by atoms with Crippen molar-refractivity contribution in [2.45, 2.75) is 38.6 Å². The molecule has 2 rings (SSSR count). The Kier molecular flexibility index (Phi) is 5.96. The van der Waals surface area contributed by atoms with Crippen molar-refractivity contribution in [2.24, 2.45) is 0 Å². The number of hydrogen-bond acceptors (Lipinski definition) is 6. The van der Waals surface area contributed by atoms with E-state index in [1.807, 2.05) is 4.90 Å². The van der Waals surface area contributed by atoms with Crippen LogP contribution in [0.25, 0.3) is 0 Å². The Balaban J connectivity index is 2.37. The molecule has 1 unspecified atom stereocenters. The normalized spacial score (nSPS) is 18.3. The van der Waals surface area contributed by atoms with Gasteiger partial charge >= 0.3 is 0 Å². The third-order valence-corrected chi connectivity index (χ3v) is 3.95. The molecule has 1 aromatic heterocycles. The largest absolute Gasteiger partial charge is 0.503 e. The summed E-state index contributed by atoms with van der Waals surface area (Å²) >= 11 is 0. The van der Waals surface area contributed by atoms with Crippen molar-refractivity contribution in [1.82, 2.24) is 9.47 Å². The first kappa shape index (κ1) is 17.0. The molecular weight excluding hydrogens is 288 g/mol. The molecule has 124 valence electrons. The maximum Gasteiger partial charge on any atom is 0.223 e. The summed E-state index contributed by atoms with van der Waals surface area (Å²) in [5.74, 6) is -0.306. The Morgan fingerprint density at radius 1 is 1.45 bits per heavy atom. The van der Waals surface area contributed by atoms with Crippen LogP contribution in [-0.2, 0) is 24.4 Å². The van der Waals surface area contributed by atoms with Crippen molar-refractivity contribution in [3.05, 3.63) is 27.7 Å². The Morgan fingerprint density at radius 2 is 2.23 bits per heavy atom. The summed E-state index contributed by atoms with van der Waals surface area (Å²) in [5, 5.41) is 28.7. The van der Waals surface area contributed by atoms with Crippen LogP contribution in [0.15, 0.2) is 10.9 Å². The summed E-state index contributed by atoms with van der Waals surface area (Å²) in [4.78, 5) is 13.7. The second kappa shape index (κ2) is 7.73. The summed E-state index contributed by atoms with van der Waals surface area (Å²) in [5.41, 5.74) is 0.411. The molecule has 1 aliphatic rings. The highest BCUT2D eigenvalue weighted by Crippen LogP contribution is 2.21. The van der Waals surface area contributed by atoms with Crippen LogP contribution in [0, 0.1) is 0 Å². The number of aliphatic hydroxyl groups excluding tert-OH is 2. The van der Waals surface area contributed by atoms with Crippen LogP contribution in [-0.4, -0.2) is 57.7 Å². The smallest absolute Gasteiger partial charge is 0.223 e. The van der Waals surface area contributed by atoms with Crippen LogP contribution in [0.2, 0.25) is 0 Å². The molecule has 0 spiro atoms. The van der Waals surface area contributed by atoms with E-state index in [9.17, 15) is 15.0 Å². The number of aromatic nitrogens is 1. The summed E-state index contributed by atoms with van der Waals surface area (Å²) in [6, 6.07) is 1.26. The molecule has 1 aromatic rings. The molecule has 7 nitrogen and oxygen atoms in total. The van der Waals surface area contributed by atoms with Crippen LogP contribution in [0.1, 0.15) is 24.2 Å². The van der Waals surface area contributed by atoms with E-state index >= 15 is 0 Å². The monoisotopic (exact) mass is 312 g/mol. The lowest BCUT2D eigenvalue weighted by molar-refractivity contribution is 0.0929. The number of rotatable bonds is 7. The van der Waals surface area contributed by atoms with Gasteiger partial charge in [0.1, 0.15) is 0 Å². The second-order valence-corrected chi connectivity index (χ2v) is 5.66. The standard InChI is InChI=1S/C15H24N2O5/c1-16(4-5-18)9-13-15(21)14(20)7-11(10-19)17(13)8-12-3-2-6-22-12/h7,12,18-19,21H,2-6,8-10H2,1H3. The fraction of sp³-hybridized carbons (Fsp3) is 0.667. The number of likely N-dealkylation sites (N-methyl/N-ethyl adjacent to an activating group) is 1. The maximum absolute atomic E-state index is 11.9. The first-order valence-corrected chi connectivity index (χ1v) is 7.53. The van der Waals surface area contributed by atoms with Gasteiger partial charge in [-0.05, 0) is 19.9 Å². The third kappa shape index (κ3) is 3.86. The van der Waals surface area contributed by atoms with Crippen LogP contribution >= 0.6 is 0 Å². The first-order valence-electron chi connectivity index (χ1n) is 7.53. The number of pyridine rings is 1. The van der Waals surface area contributed by atoms with E-state index < -0.39 is 5.43 Å². The van der Waals surface area contributed by atoms with Gasteiger partial charge in [0.2, 0.25) is 5.43 Å². The van der Waals surface area contributed by atoms with E-state index in [0.717, 1.165) is 12.8 Å². The number of ether oxygens (including phenoxy) is 1. The summed E-state index contributed by atoms with van der Waals surface area (Å²) < 4.78 is 7.38. The van der Waals surface area contributed by atoms with E-state index in [4.69, 9.17) is 9.84 Å². The van der Waals surface area contributed by atoms with E-state index in [0.29, 0.717) is 37.6 Å². The highest BCUT2D eigenvalue weighted by molar-refractivity contribution is 5.30. The van der Waals surface area contributed by atoms with E-state index in [1.54, 1.807) is 11.6 Å². The predicted molar refractivity (Wildman–Crippen MR) is 80.7 cm³/mol. The predicted octanol–water partition coefficient (Wildman–Crippen LogP) is -0.351. The molecule has 0 amide bonds. The molecule has 1 aliphatic heterocycles. The van der Waals surface area contributed by atoms with Crippen molar-refractivity contribution in [3.8, 4) is 5.75 Å². The zero-order valence-corrected chi connectivity index (χ0v) is 12.9. The average Bonchev–Trinajstić information content (AvgIpc) is 2.99. The third-order valence-electron chi connectivity index (χ3n) is 3.95. The zero-order valence-electron chi connectivity index (χ0n) is 12.9. The highest BCUT2D eigenvalue weighted by Gasteiger charge is 2.21. The minimum atomic E-state index is -0.500. The fourth-order valence-electron chi connectivity index (χ4n) is 2.76. The van der Waals surface area contributed by atoms with E-state index in [1.165, 1.54) is 6.07 Å². The van der Waals surface area contributed by atoms with Gasteiger partial charge in [-0.1, -0.05) is 0 Å². The quantitative estimate of drug-likeness (QED) is 0.637. The molecule has 3 N–H and O–H groups in total. The molecule has 0 bridgehead atoms. The van der Waals surface area contributed by atoms with Crippen molar-refractivity contribution < 1.29 is 20.1 Å². The van der Waals surface area contributed by atoms with Gasteiger partial charge in [0.25, 0.3) is 0 Å². The molecule has 22 heavy (non-hydrogen) atoms. The Hall–Kier alpha value is -1.41. The molecule has 1 fully saturated rings. The average molecular weight is 312 g/mol. The summed E-state index contributed by atoms with van der Waals surface area (Å²) in [6.07, 6.45) is 1.93. The zero-order chi connectivity index (χ0) is 16.1. The van der Waals surface area contributed by atoms with Gasteiger partial charge in [0.15, 0.2) is 5.75 Å². The van der Waals surface area contributed by atoms with Crippen molar-refractivity contribution >= 4 is 0 Å². The van der Waals surface area contributed by atoms with Gasteiger partial charge in [-0.25, -0.2) is 0 Å². The Labute approximate surface area is 129 Å². The van der Waals surface area contributed by atoms with Crippen molar-refractivity contribution in [3.63, 3.8) is 0 Å². The number of hydrogen-bond donors (Lipinski definition) is 3. The first-order chi connectivity index (χ1) is 10.6. The van der Waals surface area contributed by atoms with E-state index in [2.05, 4.69) is 0 Å². The molecule has 1 atom stereocenters. The molecule has 7 heteroatoms. The number of aliphatic hydroxyl groups is 2. The maximum atomic E-state index is 11.9. The minimum Gasteiger partial charge on any atom is -0.503 e. The van der Waals surface area contributed by atoms with Gasteiger partial charge in [-0.2, -0.15) is 0 Å². The molecule has 0 aliphatic carbocycles. The summed E-state index contributed by atoms with van der Waals surface area (Å²) in [6.45, 7) is 1.65. The topological polar surface area (TPSA) is 95.2 Å². The molecule has 1 saturated heterocycles. The lowest BCUT2D eigenvalue weighted by Gasteiger charge is -2.24. The Bertz CT molecular complexity index is 552. The number of nitrogens with zero attached hydrogens (tertiary/aromatic N) is 2. The molecular formula is C15H24N2O5. The SMILES string of the molecule is CN(CCO)Cc1c(O)c(=O)cc(CO)n1CC1CCCO1. The van der Waals surface area contributed by atoms with Crippen molar-refractivity contribution in [1.29, 1.82) is 0 Å². The van der Waals surface area contributed by atoms with Gasteiger partial charge in [0.05, 0.1) is 25.0 Å². The van der Waals surface area contributed by atoms with Gasteiger partial charge in [-0.15, -0.1) is 0 Å². The lowest BCUT2D eigenvalue weighted by atomic mass is 10.2.